The second-order valence-electron chi connectivity index (χ2n) is 5.13. The standard InChI is InChI=1S/C14H20N2O/c1-10(2)9-16(3)14(17)12-8-15-13-7-5-4-6-11(12)13/h4-7,10,12,15H,8-9H2,1-3H3. The van der Waals surface area contributed by atoms with Gasteiger partial charge in [0.15, 0.2) is 0 Å². The minimum absolute atomic E-state index is 0.0186. The van der Waals surface area contributed by atoms with Crippen molar-refractivity contribution in [3.8, 4) is 0 Å². The lowest BCUT2D eigenvalue weighted by atomic mass is 9.99. The van der Waals surface area contributed by atoms with Gasteiger partial charge in [0.2, 0.25) is 5.91 Å². The third-order valence-corrected chi connectivity index (χ3v) is 3.15. The van der Waals surface area contributed by atoms with Crippen LogP contribution >= 0.6 is 0 Å². The molecule has 0 saturated carbocycles. The minimum atomic E-state index is -0.0186. The average molecular weight is 232 g/mol. The van der Waals surface area contributed by atoms with E-state index in [0.717, 1.165) is 24.3 Å². The fourth-order valence-electron chi connectivity index (χ4n) is 2.41. The summed E-state index contributed by atoms with van der Waals surface area (Å²) in [5, 5.41) is 3.29. The number of carbonyl (C=O) groups is 1. The monoisotopic (exact) mass is 232 g/mol. The first-order chi connectivity index (χ1) is 8.09. The second-order valence-corrected chi connectivity index (χ2v) is 5.13. The molecule has 1 N–H and O–H groups in total. The zero-order valence-corrected chi connectivity index (χ0v) is 10.7. The van der Waals surface area contributed by atoms with Gasteiger partial charge >= 0.3 is 0 Å². The zero-order valence-electron chi connectivity index (χ0n) is 10.7. The Bertz CT molecular complexity index is 414. The molecule has 1 aliphatic heterocycles. The SMILES string of the molecule is CC(C)CN(C)C(=O)C1CNc2ccccc21. The van der Waals surface area contributed by atoms with E-state index in [-0.39, 0.29) is 11.8 Å². The van der Waals surface area contributed by atoms with Gasteiger partial charge in [-0.15, -0.1) is 0 Å². The normalized spacial score (nSPS) is 17.8. The number of likely N-dealkylation sites (N-methyl/N-ethyl adjacent to an activating group) is 1. The number of amides is 1. The van der Waals surface area contributed by atoms with E-state index < -0.39 is 0 Å². The minimum Gasteiger partial charge on any atom is -0.384 e. The van der Waals surface area contributed by atoms with E-state index >= 15 is 0 Å². The molecule has 0 saturated heterocycles. The molecule has 0 fully saturated rings. The van der Waals surface area contributed by atoms with Gasteiger partial charge in [-0.2, -0.15) is 0 Å². The maximum atomic E-state index is 12.3. The predicted octanol–water partition coefficient (Wildman–Crippen LogP) is 2.31. The molecule has 0 aromatic heterocycles. The molecule has 1 aromatic carbocycles. The number of hydrogen-bond donors (Lipinski definition) is 1. The molecule has 0 radical (unpaired) electrons. The van der Waals surface area contributed by atoms with Crippen molar-refractivity contribution in [2.75, 3.05) is 25.5 Å². The topological polar surface area (TPSA) is 32.3 Å². The summed E-state index contributed by atoms with van der Waals surface area (Å²) in [7, 11) is 1.89. The first kappa shape index (κ1) is 12.0. The summed E-state index contributed by atoms with van der Waals surface area (Å²) < 4.78 is 0. The molecule has 3 heteroatoms. The van der Waals surface area contributed by atoms with Crippen molar-refractivity contribution in [2.45, 2.75) is 19.8 Å². The summed E-state index contributed by atoms with van der Waals surface area (Å²) in [5.41, 5.74) is 2.23. The number of nitrogens with one attached hydrogen (secondary N) is 1. The molecule has 0 spiro atoms. The van der Waals surface area contributed by atoms with Gasteiger partial charge in [-0.1, -0.05) is 32.0 Å². The van der Waals surface area contributed by atoms with Crippen LogP contribution in [-0.2, 0) is 4.79 Å². The number of nitrogens with zero attached hydrogens (tertiary/aromatic N) is 1. The summed E-state index contributed by atoms with van der Waals surface area (Å²) >= 11 is 0. The molecule has 92 valence electrons. The molecule has 0 bridgehead atoms. The Morgan fingerprint density at radius 3 is 2.88 bits per heavy atom. The molecule has 1 atom stereocenters. The van der Waals surface area contributed by atoms with E-state index in [1.54, 1.807) is 0 Å². The van der Waals surface area contributed by atoms with Crippen LogP contribution in [0.1, 0.15) is 25.3 Å². The van der Waals surface area contributed by atoms with Crippen molar-refractivity contribution in [1.82, 2.24) is 4.90 Å². The van der Waals surface area contributed by atoms with E-state index in [2.05, 4.69) is 19.2 Å². The van der Waals surface area contributed by atoms with Gasteiger partial charge in [-0.3, -0.25) is 4.79 Å². The van der Waals surface area contributed by atoms with Crippen molar-refractivity contribution in [2.24, 2.45) is 5.92 Å². The highest BCUT2D eigenvalue weighted by atomic mass is 16.2. The molecule has 1 aliphatic rings. The molecule has 1 amide bonds. The van der Waals surface area contributed by atoms with Gasteiger partial charge in [-0.05, 0) is 17.5 Å². The van der Waals surface area contributed by atoms with Crippen molar-refractivity contribution in [3.63, 3.8) is 0 Å². The van der Waals surface area contributed by atoms with Crippen LogP contribution in [0.25, 0.3) is 0 Å². The van der Waals surface area contributed by atoms with Crippen LogP contribution in [0.2, 0.25) is 0 Å². The fraction of sp³-hybridized carbons (Fsp3) is 0.500. The van der Waals surface area contributed by atoms with E-state index in [1.165, 1.54) is 0 Å². The molecular weight excluding hydrogens is 212 g/mol. The molecule has 2 rings (SSSR count). The lowest BCUT2D eigenvalue weighted by molar-refractivity contribution is -0.131. The lowest BCUT2D eigenvalue weighted by Crippen LogP contribution is -2.35. The van der Waals surface area contributed by atoms with Crippen LogP contribution < -0.4 is 5.32 Å². The Morgan fingerprint density at radius 1 is 1.47 bits per heavy atom. The van der Waals surface area contributed by atoms with Crippen molar-refractivity contribution >= 4 is 11.6 Å². The summed E-state index contributed by atoms with van der Waals surface area (Å²) in [5.74, 6) is 0.708. The van der Waals surface area contributed by atoms with Crippen LogP contribution in [-0.4, -0.2) is 30.9 Å². The summed E-state index contributed by atoms with van der Waals surface area (Å²) in [6.07, 6.45) is 0. The lowest BCUT2D eigenvalue weighted by Gasteiger charge is -2.22. The largest absolute Gasteiger partial charge is 0.384 e. The Labute approximate surface area is 103 Å². The third-order valence-electron chi connectivity index (χ3n) is 3.15. The van der Waals surface area contributed by atoms with Gasteiger partial charge in [0.05, 0.1) is 5.92 Å². The highest BCUT2D eigenvalue weighted by Gasteiger charge is 2.30. The molecule has 0 aliphatic carbocycles. The quantitative estimate of drug-likeness (QED) is 0.867. The number of para-hydroxylation sites is 1. The van der Waals surface area contributed by atoms with Crippen LogP contribution in [0.5, 0.6) is 0 Å². The smallest absolute Gasteiger partial charge is 0.231 e. The maximum Gasteiger partial charge on any atom is 0.231 e. The van der Waals surface area contributed by atoms with E-state index in [1.807, 2.05) is 36.2 Å². The molecular formula is C14H20N2O. The highest BCUT2D eigenvalue weighted by molar-refractivity contribution is 5.88. The molecule has 1 unspecified atom stereocenters. The van der Waals surface area contributed by atoms with Gasteiger partial charge in [0, 0.05) is 25.8 Å². The number of rotatable bonds is 3. The maximum absolute atomic E-state index is 12.3. The van der Waals surface area contributed by atoms with E-state index in [9.17, 15) is 4.79 Å². The first-order valence-electron chi connectivity index (χ1n) is 6.17. The first-order valence-corrected chi connectivity index (χ1v) is 6.17. The Morgan fingerprint density at radius 2 is 2.18 bits per heavy atom. The number of carbonyl (C=O) groups excluding carboxylic acids is 1. The van der Waals surface area contributed by atoms with Crippen LogP contribution in [0.15, 0.2) is 24.3 Å². The second kappa shape index (κ2) is 4.78. The van der Waals surface area contributed by atoms with Gasteiger partial charge in [0.1, 0.15) is 0 Å². The van der Waals surface area contributed by atoms with E-state index in [4.69, 9.17) is 0 Å². The molecule has 3 nitrogen and oxygen atoms in total. The Balaban J connectivity index is 2.12. The number of benzene rings is 1. The highest BCUT2D eigenvalue weighted by Crippen LogP contribution is 2.32. The molecule has 1 heterocycles. The average Bonchev–Trinajstić information content (AvgIpc) is 2.70. The van der Waals surface area contributed by atoms with Gasteiger partial charge < -0.3 is 10.2 Å². The molecule has 17 heavy (non-hydrogen) atoms. The predicted molar refractivity (Wildman–Crippen MR) is 70.1 cm³/mol. The summed E-state index contributed by atoms with van der Waals surface area (Å²) in [6.45, 7) is 5.80. The van der Waals surface area contributed by atoms with Crippen molar-refractivity contribution in [1.29, 1.82) is 0 Å². The summed E-state index contributed by atoms with van der Waals surface area (Å²) in [6, 6.07) is 8.07. The van der Waals surface area contributed by atoms with Gasteiger partial charge in [0.25, 0.3) is 0 Å². The number of fused-ring (bicyclic) bond motifs is 1. The van der Waals surface area contributed by atoms with Crippen LogP contribution in [0.4, 0.5) is 5.69 Å². The Kier molecular flexibility index (Phi) is 3.36. The molecule has 1 aromatic rings. The van der Waals surface area contributed by atoms with Crippen molar-refractivity contribution in [3.05, 3.63) is 29.8 Å². The zero-order chi connectivity index (χ0) is 12.4. The fourth-order valence-corrected chi connectivity index (χ4v) is 2.41. The van der Waals surface area contributed by atoms with Crippen LogP contribution in [0, 0.1) is 5.92 Å². The number of anilines is 1. The summed E-state index contributed by atoms with van der Waals surface area (Å²) in [4.78, 5) is 14.2. The number of hydrogen-bond acceptors (Lipinski definition) is 2. The van der Waals surface area contributed by atoms with Crippen LogP contribution in [0.3, 0.4) is 0 Å². The van der Waals surface area contributed by atoms with E-state index in [0.29, 0.717) is 5.92 Å². The Hall–Kier alpha value is -1.51. The third kappa shape index (κ3) is 2.43. The van der Waals surface area contributed by atoms with Gasteiger partial charge in [-0.25, -0.2) is 0 Å². The van der Waals surface area contributed by atoms with Crippen molar-refractivity contribution < 1.29 is 4.79 Å².